The molecule has 21 heavy (non-hydrogen) atoms. The maximum atomic E-state index is 5.84. The lowest BCUT2D eigenvalue weighted by atomic mass is 10.1. The Balaban J connectivity index is 2.10. The Bertz CT molecular complexity index is 456. The quantitative estimate of drug-likeness (QED) is 0.770. The van der Waals surface area contributed by atoms with Crippen molar-refractivity contribution in [1.82, 2.24) is 5.32 Å². The minimum absolute atomic E-state index is 0.138. The average Bonchev–Trinajstić information content (AvgIpc) is 2.93. The van der Waals surface area contributed by atoms with Crippen LogP contribution in [0.3, 0.4) is 0 Å². The van der Waals surface area contributed by atoms with E-state index < -0.39 is 0 Å². The Hall–Kier alpha value is -0.740. The molecule has 0 unspecified atom stereocenters. The SMILES string of the molecule is CCOc1cc(CNC2CCCC2)c(Br)cc1OC(C)C. The number of hydrogen-bond acceptors (Lipinski definition) is 3. The highest BCUT2D eigenvalue weighted by molar-refractivity contribution is 9.10. The van der Waals surface area contributed by atoms with Crippen LogP contribution in [0.4, 0.5) is 0 Å². The molecule has 1 saturated carbocycles. The fourth-order valence-electron chi connectivity index (χ4n) is 2.71. The van der Waals surface area contributed by atoms with Gasteiger partial charge in [-0.25, -0.2) is 0 Å². The smallest absolute Gasteiger partial charge is 0.162 e. The molecule has 118 valence electrons. The Morgan fingerprint density at radius 3 is 2.57 bits per heavy atom. The zero-order valence-corrected chi connectivity index (χ0v) is 14.8. The molecule has 4 heteroatoms. The molecule has 1 aromatic rings. The molecule has 0 aromatic heterocycles. The highest BCUT2D eigenvalue weighted by atomic mass is 79.9. The molecule has 0 atom stereocenters. The summed E-state index contributed by atoms with van der Waals surface area (Å²) in [5.74, 6) is 1.64. The van der Waals surface area contributed by atoms with Gasteiger partial charge in [-0.2, -0.15) is 0 Å². The summed E-state index contributed by atoms with van der Waals surface area (Å²) in [4.78, 5) is 0. The van der Waals surface area contributed by atoms with Crippen molar-refractivity contribution >= 4 is 15.9 Å². The topological polar surface area (TPSA) is 30.5 Å². The minimum atomic E-state index is 0.138. The predicted molar refractivity (Wildman–Crippen MR) is 90.2 cm³/mol. The first kappa shape index (κ1) is 16.6. The lowest BCUT2D eigenvalue weighted by Crippen LogP contribution is -2.25. The molecule has 1 N–H and O–H groups in total. The molecule has 3 nitrogen and oxygen atoms in total. The van der Waals surface area contributed by atoms with E-state index in [9.17, 15) is 0 Å². The second kappa shape index (κ2) is 8.04. The van der Waals surface area contributed by atoms with Gasteiger partial charge in [-0.3, -0.25) is 0 Å². The van der Waals surface area contributed by atoms with E-state index in [4.69, 9.17) is 9.47 Å². The molecular formula is C17H26BrNO2. The van der Waals surface area contributed by atoms with Crippen molar-refractivity contribution in [3.8, 4) is 11.5 Å². The highest BCUT2D eigenvalue weighted by Crippen LogP contribution is 2.34. The fourth-order valence-corrected chi connectivity index (χ4v) is 3.17. The largest absolute Gasteiger partial charge is 0.490 e. The Morgan fingerprint density at radius 2 is 1.95 bits per heavy atom. The zero-order valence-electron chi connectivity index (χ0n) is 13.2. The van der Waals surface area contributed by atoms with Gasteiger partial charge < -0.3 is 14.8 Å². The van der Waals surface area contributed by atoms with Crippen LogP contribution in [0.2, 0.25) is 0 Å². The van der Waals surface area contributed by atoms with Gasteiger partial charge in [0.2, 0.25) is 0 Å². The summed E-state index contributed by atoms with van der Waals surface area (Å²) in [5.41, 5.74) is 1.22. The second-order valence-corrected chi connectivity index (χ2v) is 6.71. The standard InChI is InChI=1S/C17H26BrNO2/c1-4-20-16-9-13(11-19-14-7-5-6-8-14)15(18)10-17(16)21-12(2)3/h9-10,12,14,19H,4-8,11H2,1-3H3. The molecule has 0 spiro atoms. The number of rotatable bonds is 7. The summed E-state index contributed by atoms with van der Waals surface area (Å²) in [7, 11) is 0. The molecule has 1 aromatic carbocycles. The number of nitrogens with one attached hydrogen (secondary N) is 1. The Kier molecular flexibility index (Phi) is 6.37. The van der Waals surface area contributed by atoms with E-state index in [2.05, 4.69) is 27.3 Å². The molecule has 0 heterocycles. The number of benzene rings is 1. The van der Waals surface area contributed by atoms with Crippen molar-refractivity contribution in [2.24, 2.45) is 0 Å². The van der Waals surface area contributed by atoms with Crippen molar-refractivity contribution in [2.45, 2.75) is 65.1 Å². The maximum Gasteiger partial charge on any atom is 0.162 e. The van der Waals surface area contributed by atoms with Crippen LogP contribution in [0.25, 0.3) is 0 Å². The number of ether oxygens (including phenoxy) is 2. The van der Waals surface area contributed by atoms with Crippen LogP contribution in [0.5, 0.6) is 11.5 Å². The molecule has 0 amide bonds. The summed E-state index contributed by atoms with van der Waals surface area (Å²) >= 11 is 3.66. The molecule has 1 aliphatic rings. The number of hydrogen-bond donors (Lipinski definition) is 1. The maximum absolute atomic E-state index is 5.84. The van der Waals surface area contributed by atoms with Gasteiger partial charge in [0.25, 0.3) is 0 Å². The van der Waals surface area contributed by atoms with E-state index in [1.165, 1.54) is 31.2 Å². The van der Waals surface area contributed by atoms with Gasteiger partial charge in [0, 0.05) is 17.1 Å². The fraction of sp³-hybridized carbons (Fsp3) is 0.647. The van der Waals surface area contributed by atoms with E-state index in [-0.39, 0.29) is 6.10 Å². The van der Waals surface area contributed by atoms with Crippen LogP contribution in [-0.4, -0.2) is 18.8 Å². The summed E-state index contributed by atoms with van der Waals surface area (Å²) in [6, 6.07) is 4.78. The minimum Gasteiger partial charge on any atom is -0.490 e. The van der Waals surface area contributed by atoms with Crippen LogP contribution >= 0.6 is 15.9 Å². The lowest BCUT2D eigenvalue weighted by molar-refractivity contribution is 0.223. The first-order valence-corrected chi connectivity index (χ1v) is 8.74. The third-order valence-electron chi connectivity index (χ3n) is 3.71. The van der Waals surface area contributed by atoms with Crippen molar-refractivity contribution in [2.75, 3.05) is 6.61 Å². The molecular weight excluding hydrogens is 330 g/mol. The molecule has 0 radical (unpaired) electrons. The van der Waals surface area contributed by atoms with Crippen LogP contribution in [0.15, 0.2) is 16.6 Å². The van der Waals surface area contributed by atoms with Gasteiger partial charge in [-0.15, -0.1) is 0 Å². The van der Waals surface area contributed by atoms with E-state index >= 15 is 0 Å². The second-order valence-electron chi connectivity index (χ2n) is 5.85. The summed E-state index contributed by atoms with van der Waals surface area (Å²) < 4.78 is 12.6. The third-order valence-corrected chi connectivity index (χ3v) is 4.45. The van der Waals surface area contributed by atoms with Crippen molar-refractivity contribution in [3.05, 3.63) is 22.2 Å². The monoisotopic (exact) mass is 355 g/mol. The van der Waals surface area contributed by atoms with Gasteiger partial charge in [0.05, 0.1) is 12.7 Å². The summed E-state index contributed by atoms with van der Waals surface area (Å²) in [6.45, 7) is 7.56. The van der Waals surface area contributed by atoms with Crippen LogP contribution in [0, 0.1) is 0 Å². The van der Waals surface area contributed by atoms with Crippen molar-refractivity contribution < 1.29 is 9.47 Å². The Morgan fingerprint density at radius 1 is 1.24 bits per heavy atom. The van der Waals surface area contributed by atoms with Crippen molar-refractivity contribution in [1.29, 1.82) is 0 Å². The normalized spacial score (nSPS) is 15.7. The average molecular weight is 356 g/mol. The van der Waals surface area contributed by atoms with Gasteiger partial charge in [0.1, 0.15) is 0 Å². The molecule has 1 fully saturated rings. The summed E-state index contributed by atoms with van der Waals surface area (Å²) in [6.07, 6.45) is 5.43. The van der Waals surface area contributed by atoms with Crippen LogP contribution in [0.1, 0.15) is 52.0 Å². The summed E-state index contributed by atoms with van der Waals surface area (Å²) in [5, 5.41) is 3.64. The molecule has 1 aliphatic carbocycles. The first-order chi connectivity index (χ1) is 10.1. The highest BCUT2D eigenvalue weighted by Gasteiger charge is 2.16. The lowest BCUT2D eigenvalue weighted by Gasteiger charge is -2.18. The van der Waals surface area contributed by atoms with Gasteiger partial charge in [-0.1, -0.05) is 28.8 Å². The van der Waals surface area contributed by atoms with E-state index in [0.717, 1.165) is 22.5 Å². The molecule has 0 aliphatic heterocycles. The number of halogens is 1. The predicted octanol–water partition coefficient (Wildman–Crippen LogP) is 4.67. The Labute approximate surface area is 136 Å². The first-order valence-electron chi connectivity index (χ1n) is 7.95. The van der Waals surface area contributed by atoms with E-state index in [0.29, 0.717) is 12.6 Å². The zero-order chi connectivity index (χ0) is 15.2. The van der Waals surface area contributed by atoms with Gasteiger partial charge >= 0.3 is 0 Å². The van der Waals surface area contributed by atoms with Gasteiger partial charge in [0.15, 0.2) is 11.5 Å². The van der Waals surface area contributed by atoms with E-state index in [1.54, 1.807) is 0 Å². The van der Waals surface area contributed by atoms with Gasteiger partial charge in [-0.05, 0) is 51.3 Å². The van der Waals surface area contributed by atoms with Crippen LogP contribution in [-0.2, 0) is 6.54 Å². The molecule has 0 bridgehead atoms. The molecule has 0 saturated heterocycles. The third kappa shape index (κ3) is 4.89. The van der Waals surface area contributed by atoms with Crippen molar-refractivity contribution in [3.63, 3.8) is 0 Å². The van der Waals surface area contributed by atoms with E-state index in [1.807, 2.05) is 26.8 Å². The van der Waals surface area contributed by atoms with Crippen LogP contribution < -0.4 is 14.8 Å². The molecule has 2 rings (SSSR count).